The number of nitrogens with zero attached hydrogens (tertiary/aromatic N) is 2. The second kappa shape index (κ2) is 6.82. The Kier molecular flexibility index (Phi) is 4.45. The molecular formula is C21H22FN3O3. The Morgan fingerprint density at radius 3 is 2.46 bits per heavy atom. The molecule has 0 radical (unpaired) electrons. The number of halogens is 1. The van der Waals surface area contributed by atoms with Gasteiger partial charge in [0.05, 0.1) is 5.54 Å². The van der Waals surface area contributed by atoms with Gasteiger partial charge >= 0.3 is 12.1 Å². The molecule has 3 amide bonds. The van der Waals surface area contributed by atoms with Crippen molar-refractivity contribution in [2.24, 2.45) is 11.7 Å². The van der Waals surface area contributed by atoms with E-state index in [0.717, 1.165) is 16.7 Å². The van der Waals surface area contributed by atoms with Gasteiger partial charge in [0.2, 0.25) is 0 Å². The molecule has 2 aromatic carbocycles. The molecule has 0 spiro atoms. The molecule has 2 heterocycles. The number of benzene rings is 2. The fourth-order valence-corrected chi connectivity index (χ4v) is 4.66. The van der Waals surface area contributed by atoms with Gasteiger partial charge in [-0.2, -0.15) is 0 Å². The number of carbonyl (C=O) groups excluding carboxylic acids is 1. The van der Waals surface area contributed by atoms with Crippen LogP contribution in [-0.4, -0.2) is 46.7 Å². The summed E-state index contributed by atoms with van der Waals surface area (Å²) in [6.45, 7) is 1.28. The summed E-state index contributed by atoms with van der Waals surface area (Å²) in [5.74, 6) is -0.275. The number of hydrogen-bond acceptors (Lipinski definition) is 2. The minimum Gasteiger partial charge on any atom is -0.465 e. The van der Waals surface area contributed by atoms with Gasteiger partial charge in [0.25, 0.3) is 0 Å². The number of fused-ring (bicyclic) bond motifs is 1. The third-order valence-corrected chi connectivity index (χ3v) is 5.93. The zero-order valence-corrected chi connectivity index (χ0v) is 15.3. The molecule has 2 aliphatic heterocycles. The molecule has 4 rings (SSSR count). The second-order valence-corrected chi connectivity index (χ2v) is 7.52. The van der Waals surface area contributed by atoms with E-state index in [0.29, 0.717) is 32.5 Å². The monoisotopic (exact) mass is 383 g/mol. The number of nitrogens with two attached hydrogens (primary N) is 1. The first-order valence-electron chi connectivity index (χ1n) is 9.31. The van der Waals surface area contributed by atoms with Gasteiger partial charge in [0, 0.05) is 19.6 Å². The van der Waals surface area contributed by atoms with Crippen molar-refractivity contribution in [3.05, 3.63) is 71.0 Å². The molecule has 0 bridgehead atoms. The third kappa shape index (κ3) is 2.87. The summed E-state index contributed by atoms with van der Waals surface area (Å²) in [5.41, 5.74) is 7.82. The van der Waals surface area contributed by atoms with Crippen LogP contribution in [0.1, 0.15) is 23.1 Å². The number of primary amides is 1. The van der Waals surface area contributed by atoms with Gasteiger partial charge in [-0.1, -0.05) is 36.4 Å². The summed E-state index contributed by atoms with van der Waals surface area (Å²) in [7, 11) is 0. The van der Waals surface area contributed by atoms with Crippen LogP contribution in [0.15, 0.2) is 48.5 Å². The Labute approximate surface area is 162 Å². The minimum atomic E-state index is -0.942. The molecule has 7 heteroatoms. The Morgan fingerprint density at radius 2 is 1.82 bits per heavy atom. The average molecular weight is 383 g/mol. The largest absolute Gasteiger partial charge is 0.465 e. The van der Waals surface area contributed by atoms with Crippen molar-refractivity contribution in [3.63, 3.8) is 0 Å². The third-order valence-electron chi connectivity index (χ3n) is 5.93. The van der Waals surface area contributed by atoms with Crippen molar-refractivity contribution < 1.29 is 19.1 Å². The van der Waals surface area contributed by atoms with Gasteiger partial charge < -0.3 is 20.6 Å². The first-order valence-corrected chi connectivity index (χ1v) is 9.31. The highest BCUT2D eigenvalue weighted by Gasteiger charge is 2.49. The second-order valence-electron chi connectivity index (χ2n) is 7.52. The number of carboxylic acid groups (broad SMARTS) is 1. The van der Waals surface area contributed by atoms with Crippen LogP contribution in [0, 0.1) is 11.7 Å². The Bertz CT molecular complexity index is 911. The molecular weight excluding hydrogens is 361 g/mol. The zero-order valence-electron chi connectivity index (χ0n) is 15.3. The molecule has 2 aromatic rings. The van der Waals surface area contributed by atoms with Crippen LogP contribution in [0.25, 0.3) is 0 Å². The number of amides is 3. The summed E-state index contributed by atoms with van der Waals surface area (Å²) >= 11 is 0. The highest BCUT2D eigenvalue weighted by atomic mass is 19.1. The van der Waals surface area contributed by atoms with Crippen LogP contribution in [0.5, 0.6) is 0 Å². The van der Waals surface area contributed by atoms with Crippen LogP contribution in [0.3, 0.4) is 0 Å². The summed E-state index contributed by atoms with van der Waals surface area (Å²) in [4.78, 5) is 26.6. The molecule has 28 heavy (non-hydrogen) atoms. The van der Waals surface area contributed by atoms with Crippen molar-refractivity contribution >= 4 is 12.1 Å². The van der Waals surface area contributed by atoms with Crippen molar-refractivity contribution in [3.8, 4) is 0 Å². The number of likely N-dealkylation sites (tertiary alicyclic amines) is 1. The molecule has 0 unspecified atom stereocenters. The normalized spacial score (nSPS) is 21.8. The quantitative estimate of drug-likeness (QED) is 0.854. The van der Waals surface area contributed by atoms with Crippen LogP contribution in [0.2, 0.25) is 0 Å². The molecule has 0 saturated carbocycles. The number of carbonyl (C=O) groups is 2. The molecule has 2 aliphatic rings. The predicted molar refractivity (Wildman–Crippen MR) is 101 cm³/mol. The molecule has 1 saturated heterocycles. The smallest absolute Gasteiger partial charge is 0.407 e. The summed E-state index contributed by atoms with van der Waals surface area (Å²) in [6, 6.07) is 13.5. The van der Waals surface area contributed by atoms with E-state index in [1.165, 1.54) is 17.0 Å². The first-order chi connectivity index (χ1) is 13.4. The van der Waals surface area contributed by atoms with Crippen molar-refractivity contribution in [1.82, 2.24) is 9.80 Å². The van der Waals surface area contributed by atoms with E-state index in [1.54, 1.807) is 17.0 Å². The van der Waals surface area contributed by atoms with Crippen LogP contribution in [0.4, 0.5) is 14.0 Å². The zero-order chi connectivity index (χ0) is 19.9. The molecule has 1 fully saturated rings. The van der Waals surface area contributed by atoms with E-state index >= 15 is 0 Å². The average Bonchev–Trinajstić information content (AvgIpc) is 2.64. The first kappa shape index (κ1) is 18.3. The lowest BCUT2D eigenvalue weighted by Crippen LogP contribution is -2.60. The van der Waals surface area contributed by atoms with Gasteiger partial charge in [0.1, 0.15) is 5.82 Å². The predicted octanol–water partition coefficient (Wildman–Crippen LogP) is 3.01. The Hall–Kier alpha value is -3.09. The summed E-state index contributed by atoms with van der Waals surface area (Å²) < 4.78 is 13.6. The highest BCUT2D eigenvalue weighted by Crippen LogP contribution is 2.46. The Balaban J connectivity index is 1.84. The van der Waals surface area contributed by atoms with E-state index < -0.39 is 17.7 Å². The van der Waals surface area contributed by atoms with Crippen LogP contribution < -0.4 is 5.73 Å². The molecule has 0 aliphatic carbocycles. The fourth-order valence-electron chi connectivity index (χ4n) is 4.66. The molecule has 3 N–H and O–H groups in total. The maximum atomic E-state index is 13.6. The fraction of sp³-hybridized carbons (Fsp3) is 0.333. The summed E-state index contributed by atoms with van der Waals surface area (Å²) in [6.07, 6.45) is 0.277. The van der Waals surface area contributed by atoms with E-state index in [9.17, 15) is 14.0 Å². The lowest BCUT2D eigenvalue weighted by Gasteiger charge is -2.51. The molecule has 0 aromatic heterocycles. The highest BCUT2D eigenvalue weighted by molar-refractivity contribution is 5.75. The van der Waals surface area contributed by atoms with E-state index in [4.69, 9.17) is 10.8 Å². The maximum absolute atomic E-state index is 13.6. The number of rotatable bonds is 3. The van der Waals surface area contributed by atoms with Gasteiger partial charge in [-0.25, -0.2) is 14.0 Å². The topological polar surface area (TPSA) is 86.9 Å². The van der Waals surface area contributed by atoms with E-state index in [2.05, 4.69) is 0 Å². The van der Waals surface area contributed by atoms with Crippen LogP contribution in [-0.2, 0) is 12.0 Å². The van der Waals surface area contributed by atoms with Crippen molar-refractivity contribution in [1.29, 1.82) is 0 Å². The minimum absolute atomic E-state index is 0.0779. The van der Waals surface area contributed by atoms with Crippen molar-refractivity contribution in [2.75, 3.05) is 19.6 Å². The van der Waals surface area contributed by atoms with Gasteiger partial charge in [-0.15, -0.1) is 0 Å². The van der Waals surface area contributed by atoms with Crippen molar-refractivity contribution in [2.45, 2.75) is 18.4 Å². The lowest BCUT2D eigenvalue weighted by atomic mass is 9.69. The van der Waals surface area contributed by atoms with E-state index in [1.807, 2.05) is 24.3 Å². The van der Waals surface area contributed by atoms with Gasteiger partial charge in [-0.3, -0.25) is 0 Å². The van der Waals surface area contributed by atoms with Crippen LogP contribution >= 0.6 is 0 Å². The lowest BCUT2D eigenvalue weighted by molar-refractivity contribution is 0.0428. The standard InChI is InChI=1S/C21H22FN3O3/c22-17-7-5-16(6-8-17)21(11-14-12-24(13-14)20(27)28)18-4-2-1-3-15(18)9-10-25(21)19(23)26/h1-8,14H,9-13H2,(H2,23,26)(H,27,28)/t21-/m0/s1. The molecule has 6 nitrogen and oxygen atoms in total. The molecule has 146 valence electrons. The van der Waals surface area contributed by atoms with Gasteiger partial charge in [0.15, 0.2) is 0 Å². The maximum Gasteiger partial charge on any atom is 0.407 e. The van der Waals surface area contributed by atoms with E-state index in [-0.39, 0.29) is 11.7 Å². The number of hydrogen-bond donors (Lipinski definition) is 2. The van der Waals surface area contributed by atoms with Gasteiger partial charge in [-0.05, 0) is 47.6 Å². The molecule has 1 atom stereocenters. The summed E-state index contributed by atoms with van der Waals surface area (Å²) in [5, 5.41) is 9.17. The number of urea groups is 1. The SMILES string of the molecule is NC(=O)N1CCc2ccccc2[C@]1(CC1CN(C(=O)O)C1)c1ccc(F)cc1. The Morgan fingerprint density at radius 1 is 1.14 bits per heavy atom.